The summed E-state index contributed by atoms with van der Waals surface area (Å²) in [4.78, 5) is 65.9. The molecule has 14 heterocycles. The predicted molar refractivity (Wildman–Crippen MR) is 528 cm³/mol. The second kappa shape index (κ2) is 53.5. The number of likely N-dealkylation sites (tertiary alicyclic amines) is 4. The molecule has 0 spiro atoms. The summed E-state index contributed by atoms with van der Waals surface area (Å²) in [5, 5.41) is 22.4. The highest BCUT2D eigenvalue weighted by Gasteiger charge is 2.42. The fraction of sp³-hybridized carbons (Fsp3) is 0.648. The molecule has 7 saturated heterocycles. The van der Waals surface area contributed by atoms with Crippen LogP contribution in [0, 0.1) is 30.6 Å². The van der Waals surface area contributed by atoms with Crippen molar-refractivity contribution in [2.45, 2.75) is 309 Å². The van der Waals surface area contributed by atoms with E-state index in [-0.39, 0.29) is 42.3 Å². The fourth-order valence-corrected chi connectivity index (χ4v) is 22.2. The zero-order chi connectivity index (χ0) is 94.0. The van der Waals surface area contributed by atoms with E-state index in [0.29, 0.717) is 88.2 Å². The largest absolute Gasteiger partial charge is 0.391 e. The van der Waals surface area contributed by atoms with E-state index < -0.39 is 12.1 Å². The van der Waals surface area contributed by atoms with E-state index in [1.807, 2.05) is 53.9 Å². The van der Waals surface area contributed by atoms with Crippen molar-refractivity contribution in [2.24, 2.45) is 36.5 Å². The van der Waals surface area contributed by atoms with Gasteiger partial charge in [-0.05, 0) is 221 Å². The number of fused-ring (bicyclic) bond motifs is 1. The lowest BCUT2D eigenvalue weighted by Gasteiger charge is -2.40. The molecule has 25 nitrogen and oxygen atoms in total. The molecule has 2 amide bonds. The maximum atomic E-state index is 12.6. The van der Waals surface area contributed by atoms with Gasteiger partial charge >= 0.3 is 11.9 Å². The molecule has 9 fully saturated rings. The van der Waals surface area contributed by atoms with Gasteiger partial charge in [-0.1, -0.05) is 150 Å². The number of rotatable bonds is 28. The predicted octanol–water partition coefficient (Wildman–Crippen LogP) is 17.9. The molecule has 0 bridgehead atoms. The van der Waals surface area contributed by atoms with E-state index in [9.17, 15) is 27.6 Å². The standard InChI is InChI=1S/C22H31N5O.C19H22N4OS.C18H31N5O2.C16H29NO2.C16H23N.C14H20F3N3/c1-18-4-2-5-19(12-18)16-26-7-9-27(10-8-26)17-20-13-23-22(24-14-20)25-15-21-6-3-11-28-21;1-2-15(12-20-8-1)14-24-16-6-10-23(11-7-16)13-17-3-4-19(25-17)18-5-9-21-22-18;1-3-23-16(20-21(2)18(23)25)14-8-10-22(11-9-14)17(24)15(19)12-13-6-4-5-7-13;1-3-7-15-10-14(17-12(2)18)11-16(19-15)13-8-5-4-6-9-13;1-3-15-9-10-17(13-15)12-14(2)11-16-7-5-4-6-8-16;15-14(16,17)11-4-7-19(8-5-11)10-12-9-13-3-1-2-6-20(13)18-12/h2,4-5,12-14,21H,3,6-11,15-17H2,1H3,(H,23,24,25);1-5,8-9,12,16H,6-7,10-11,13-14H2,(H,21,22);13-15H,3-12,19H2,1-2H3;13-16H,3-11H2,1-2H3,(H,17,18);4-8,11,15H,3,9-10,12-13H2,1-2H3;9,11H,1-8,10H2/b;;;;14-11+;/t;;;14-,15+,16+;;/m...0../s1. The number of amides is 2. The average Bonchev–Trinajstić information content (AvgIpc) is 1.65. The normalized spacial score (nSPS) is 22.1. The van der Waals surface area contributed by atoms with Crippen molar-refractivity contribution in [3.05, 3.63) is 188 Å². The average molecular weight is 1870 g/mol. The van der Waals surface area contributed by atoms with Crippen LogP contribution in [0.2, 0.25) is 0 Å². The Morgan fingerprint density at radius 3 is 2.04 bits per heavy atom. The van der Waals surface area contributed by atoms with E-state index in [2.05, 4.69) is 188 Å². The number of H-pyrrole nitrogens is 1. The number of ether oxygens (including phenoxy) is 3. The van der Waals surface area contributed by atoms with Crippen molar-refractivity contribution < 1.29 is 37.0 Å². The number of aromatic amines is 1. The molecule has 10 aliphatic rings. The summed E-state index contributed by atoms with van der Waals surface area (Å²) in [6.07, 6.45) is 38.7. The number of anilines is 1. The number of carbonyl (C=O) groups is 2. The number of alkyl halides is 3. The number of aryl methyl sites for hydroxylation is 4. The molecule has 3 unspecified atom stereocenters. The van der Waals surface area contributed by atoms with Crippen LogP contribution in [-0.2, 0) is 83.1 Å². The Bertz CT molecular complexity index is 4760. The number of nitrogens with two attached hydrogens (primary N) is 1. The van der Waals surface area contributed by atoms with Crippen molar-refractivity contribution in [3.8, 4) is 10.6 Å². The quantitative estimate of drug-likeness (QED) is 0.0355. The molecule has 18 rings (SSSR count). The molecule has 29 heteroatoms. The van der Waals surface area contributed by atoms with Gasteiger partial charge in [-0.3, -0.25) is 53.4 Å². The smallest absolute Gasteiger partial charge is 0.376 e. The number of piperidine rings is 3. The Morgan fingerprint density at radius 2 is 1.38 bits per heavy atom. The lowest BCUT2D eigenvalue weighted by Crippen LogP contribution is -2.47. The first-order valence-corrected chi connectivity index (χ1v) is 51.8. The molecular weight excluding hydrogens is 1710 g/mol. The molecule has 2 aliphatic carbocycles. The van der Waals surface area contributed by atoms with Gasteiger partial charge in [-0.25, -0.2) is 19.4 Å². The molecular formula is C105H156F3N19O6S. The van der Waals surface area contributed by atoms with E-state index in [0.717, 1.165) is 197 Å². The number of nitrogens with one attached hydrogen (secondary N) is 3. The van der Waals surface area contributed by atoms with Gasteiger partial charge in [-0.15, -0.1) is 11.3 Å². The second-order valence-corrected chi connectivity index (χ2v) is 40.6. The van der Waals surface area contributed by atoms with Gasteiger partial charge in [0.25, 0.3) is 0 Å². The molecule has 0 radical (unpaired) electrons. The van der Waals surface area contributed by atoms with Gasteiger partial charge in [0.15, 0.2) is 0 Å². The molecule has 734 valence electrons. The van der Waals surface area contributed by atoms with Crippen LogP contribution in [0.5, 0.6) is 0 Å². The van der Waals surface area contributed by atoms with Crippen molar-refractivity contribution in [1.29, 1.82) is 0 Å². The zero-order valence-corrected chi connectivity index (χ0v) is 82.2. The minimum Gasteiger partial charge on any atom is -0.376 e. The number of benzene rings is 2. The summed E-state index contributed by atoms with van der Waals surface area (Å²) in [6.45, 7) is 32.8. The van der Waals surface area contributed by atoms with Crippen molar-refractivity contribution in [3.63, 3.8) is 0 Å². The number of pyridine rings is 1. The summed E-state index contributed by atoms with van der Waals surface area (Å²) in [5.41, 5.74) is 17.4. The number of hydrogen-bond acceptors (Lipinski definition) is 20. The first kappa shape index (κ1) is 103. The van der Waals surface area contributed by atoms with Crippen LogP contribution in [-0.4, -0.2) is 231 Å². The number of aromatic nitrogens is 10. The number of thiophene rings is 1. The topological polar surface area (TPSA) is 256 Å². The highest BCUT2D eigenvalue weighted by molar-refractivity contribution is 7.15. The molecule has 6 aromatic heterocycles. The number of hydrogen-bond donors (Lipinski definition) is 4. The molecule has 2 aromatic carbocycles. The van der Waals surface area contributed by atoms with Gasteiger partial charge in [0.2, 0.25) is 17.8 Å². The molecule has 134 heavy (non-hydrogen) atoms. The first-order chi connectivity index (χ1) is 65.1. The first-order valence-electron chi connectivity index (χ1n) is 51.0. The summed E-state index contributed by atoms with van der Waals surface area (Å²) in [7, 11) is 1.69. The van der Waals surface area contributed by atoms with Crippen molar-refractivity contribution in [1.82, 2.24) is 84.0 Å². The third-order valence-corrected chi connectivity index (χ3v) is 29.8. The van der Waals surface area contributed by atoms with Gasteiger partial charge in [0, 0.05) is 191 Å². The summed E-state index contributed by atoms with van der Waals surface area (Å²) in [6, 6.07) is 32.0. The molecule has 8 aliphatic heterocycles. The summed E-state index contributed by atoms with van der Waals surface area (Å²) >= 11 is 1.84. The third-order valence-electron chi connectivity index (χ3n) is 28.7. The van der Waals surface area contributed by atoms with Gasteiger partial charge in [0.05, 0.1) is 59.2 Å². The van der Waals surface area contributed by atoms with Gasteiger partial charge in [-0.2, -0.15) is 28.5 Å². The van der Waals surface area contributed by atoms with Crippen LogP contribution < -0.4 is 22.1 Å². The SMILES string of the molecule is CCC1CCN(C/C(C)=C/c2ccccc2)C1.CCC[C@@H]1C[C@H](NC(C)=O)C[C@H](C2CCCCC2)O1.CCn1c(C2CCN(C(=O)C(N)CC3CCCC3)CC2)nn(C)c1=O.Cc1cccc(CN2CCN(Cc3cnc(NCC4CCCO4)nc3)CC2)c1.FC(F)(F)C1CCN(Cc2cc3n(n2)CCCC3)CC1.c1cncc(COC2CCN(Cc3ccc(-c4ccn[nH]4)s3)CC2)c1. The highest BCUT2D eigenvalue weighted by atomic mass is 32.1. The second-order valence-electron chi connectivity index (χ2n) is 39.4. The third kappa shape index (κ3) is 33.2. The van der Waals surface area contributed by atoms with E-state index in [1.165, 1.54) is 145 Å². The van der Waals surface area contributed by atoms with E-state index in [4.69, 9.17) is 19.9 Å². The van der Waals surface area contributed by atoms with Crippen molar-refractivity contribution >= 4 is 35.2 Å². The number of piperazine rings is 1. The van der Waals surface area contributed by atoms with Crippen LogP contribution in [0.4, 0.5) is 19.1 Å². The van der Waals surface area contributed by atoms with E-state index >= 15 is 0 Å². The molecule has 5 N–H and O–H groups in total. The van der Waals surface area contributed by atoms with Crippen LogP contribution in [0.3, 0.4) is 0 Å². The number of halogens is 3. The number of nitrogens with zero attached hydrogens (tertiary/aromatic N) is 15. The number of carbonyl (C=O) groups excluding carboxylic acids is 2. The Labute approximate surface area is 799 Å². The summed E-state index contributed by atoms with van der Waals surface area (Å²) < 4.78 is 61.1. The van der Waals surface area contributed by atoms with Crippen LogP contribution in [0.25, 0.3) is 16.6 Å². The fourth-order valence-electron chi connectivity index (χ4n) is 21.1. The maximum absolute atomic E-state index is 12.6. The Balaban J connectivity index is 0.000000137. The van der Waals surface area contributed by atoms with Crippen LogP contribution >= 0.6 is 11.3 Å². The van der Waals surface area contributed by atoms with Crippen LogP contribution in [0.15, 0.2) is 132 Å². The van der Waals surface area contributed by atoms with E-state index in [1.54, 1.807) is 30.9 Å². The lowest BCUT2D eigenvalue weighted by atomic mass is 9.81. The van der Waals surface area contributed by atoms with Crippen molar-refractivity contribution in [2.75, 3.05) is 104 Å². The molecule has 8 aromatic rings. The monoisotopic (exact) mass is 1870 g/mol. The van der Waals surface area contributed by atoms with Gasteiger partial charge < -0.3 is 35.5 Å². The highest BCUT2D eigenvalue weighted by Crippen LogP contribution is 2.38. The Hall–Kier alpha value is -8.36. The zero-order valence-electron chi connectivity index (χ0n) is 81.4. The van der Waals surface area contributed by atoms with Crippen LogP contribution in [0.1, 0.15) is 257 Å². The van der Waals surface area contributed by atoms with Gasteiger partial charge in [0.1, 0.15) is 5.82 Å². The minimum absolute atomic E-state index is 0.0606. The lowest BCUT2D eigenvalue weighted by molar-refractivity contribution is -0.185. The Morgan fingerprint density at radius 1 is 0.672 bits per heavy atom. The molecule has 6 atom stereocenters. The minimum atomic E-state index is -4.03. The summed E-state index contributed by atoms with van der Waals surface area (Å²) in [5.74, 6) is 3.16. The Kier molecular flexibility index (Phi) is 41.2. The maximum Gasteiger partial charge on any atom is 0.391 e. The molecule has 2 saturated carbocycles.